The number of β-amino-alcohol motifs (C(OH)–C–C–N with tert-alkyl or cyclic N) is 1. The summed E-state index contributed by atoms with van der Waals surface area (Å²) in [5, 5.41) is 9.65. The molecule has 19 heavy (non-hydrogen) atoms. The van der Waals surface area contributed by atoms with Crippen LogP contribution in [0.25, 0.3) is 0 Å². The standard InChI is InChI=1S/C14H27N3O2/c1-2-13(18)11-16-7-9-17(10-8-16)14(19)12-15-5-3-4-6-15/h13,18H,2-12H2,1H3. The van der Waals surface area contributed by atoms with E-state index >= 15 is 0 Å². The molecule has 0 aromatic carbocycles. The number of aliphatic hydroxyl groups excluding tert-OH is 1. The van der Waals surface area contributed by atoms with Crippen LogP contribution < -0.4 is 0 Å². The fourth-order valence-corrected chi connectivity index (χ4v) is 2.84. The van der Waals surface area contributed by atoms with Gasteiger partial charge in [-0.25, -0.2) is 0 Å². The Morgan fingerprint density at radius 3 is 2.26 bits per heavy atom. The van der Waals surface area contributed by atoms with E-state index in [-0.39, 0.29) is 12.0 Å². The van der Waals surface area contributed by atoms with Gasteiger partial charge in [-0.1, -0.05) is 6.92 Å². The molecule has 0 aromatic heterocycles. The number of amides is 1. The zero-order chi connectivity index (χ0) is 13.7. The van der Waals surface area contributed by atoms with Crippen LogP contribution >= 0.6 is 0 Å². The lowest BCUT2D eigenvalue weighted by molar-refractivity contribution is -0.134. The van der Waals surface area contributed by atoms with Crippen LogP contribution in [-0.4, -0.2) is 84.2 Å². The minimum absolute atomic E-state index is 0.230. The quantitative estimate of drug-likeness (QED) is 0.763. The first-order chi connectivity index (χ1) is 9.19. The van der Waals surface area contributed by atoms with E-state index in [9.17, 15) is 9.90 Å². The topological polar surface area (TPSA) is 47.0 Å². The average molecular weight is 269 g/mol. The number of hydrogen-bond acceptors (Lipinski definition) is 4. The van der Waals surface area contributed by atoms with Crippen LogP contribution in [0.2, 0.25) is 0 Å². The summed E-state index contributed by atoms with van der Waals surface area (Å²) in [4.78, 5) is 18.7. The van der Waals surface area contributed by atoms with Gasteiger partial charge in [0.2, 0.25) is 5.91 Å². The van der Waals surface area contributed by atoms with E-state index in [0.717, 1.165) is 52.2 Å². The molecular weight excluding hydrogens is 242 g/mol. The van der Waals surface area contributed by atoms with Crippen molar-refractivity contribution >= 4 is 5.91 Å². The number of likely N-dealkylation sites (tertiary alicyclic amines) is 1. The Balaban J connectivity index is 1.68. The monoisotopic (exact) mass is 269 g/mol. The third kappa shape index (κ3) is 4.44. The first kappa shape index (κ1) is 14.8. The van der Waals surface area contributed by atoms with Crippen LogP contribution in [0.3, 0.4) is 0 Å². The zero-order valence-electron chi connectivity index (χ0n) is 12.1. The van der Waals surface area contributed by atoms with E-state index in [1.54, 1.807) is 0 Å². The lowest BCUT2D eigenvalue weighted by Crippen LogP contribution is -2.52. The molecule has 2 fully saturated rings. The number of hydrogen-bond donors (Lipinski definition) is 1. The third-order valence-electron chi connectivity index (χ3n) is 4.22. The van der Waals surface area contributed by atoms with Crippen LogP contribution in [0.1, 0.15) is 26.2 Å². The van der Waals surface area contributed by atoms with Crippen LogP contribution in [0.4, 0.5) is 0 Å². The SMILES string of the molecule is CCC(O)CN1CCN(C(=O)CN2CCCC2)CC1. The molecule has 2 saturated heterocycles. The second kappa shape index (κ2) is 7.22. The molecule has 110 valence electrons. The maximum absolute atomic E-state index is 12.2. The Morgan fingerprint density at radius 1 is 1.05 bits per heavy atom. The lowest BCUT2D eigenvalue weighted by Gasteiger charge is -2.36. The molecule has 1 amide bonds. The minimum atomic E-state index is -0.230. The fourth-order valence-electron chi connectivity index (χ4n) is 2.84. The van der Waals surface area contributed by atoms with E-state index in [0.29, 0.717) is 6.54 Å². The van der Waals surface area contributed by atoms with Gasteiger partial charge in [-0.3, -0.25) is 14.6 Å². The van der Waals surface area contributed by atoms with Crippen molar-refractivity contribution in [3.63, 3.8) is 0 Å². The highest BCUT2D eigenvalue weighted by atomic mass is 16.3. The first-order valence-corrected chi connectivity index (χ1v) is 7.59. The summed E-state index contributed by atoms with van der Waals surface area (Å²) in [6, 6.07) is 0. The molecule has 2 aliphatic rings. The van der Waals surface area contributed by atoms with Gasteiger partial charge < -0.3 is 10.0 Å². The molecule has 5 nitrogen and oxygen atoms in total. The van der Waals surface area contributed by atoms with Crippen molar-refractivity contribution in [1.82, 2.24) is 14.7 Å². The van der Waals surface area contributed by atoms with Gasteiger partial charge in [0, 0.05) is 32.7 Å². The second-order valence-electron chi connectivity index (χ2n) is 5.73. The smallest absolute Gasteiger partial charge is 0.236 e. The van der Waals surface area contributed by atoms with Crippen molar-refractivity contribution in [2.24, 2.45) is 0 Å². The zero-order valence-corrected chi connectivity index (χ0v) is 12.1. The Labute approximate surface area is 116 Å². The van der Waals surface area contributed by atoms with E-state index in [1.807, 2.05) is 11.8 Å². The molecule has 1 unspecified atom stereocenters. The predicted octanol–water partition coefficient (Wildman–Crippen LogP) is -0.00270. The van der Waals surface area contributed by atoms with Gasteiger partial charge in [0.1, 0.15) is 0 Å². The Hall–Kier alpha value is -0.650. The maximum Gasteiger partial charge on any atom is 0.236 e. The molecule has 2 rings (SSSR count). The van der Waals surface area contributed by atoms with Crippen molar-refractivity contribution in [3.05, 3.63) is 0 Å². The van der Waals surface area contributed by atoms with Gasteiger partial charge in [0.25, 0.3) is 0 Å². The Bertz CT molecular complexity index is 284. The molecule has 0 bridgehead atoms. The van der Waals surface area contributed by atoms with Crippen molar-refractivity contribution in [3.8, 4) is 0 Å². The van der Waals surface area contributed by atoms with Gasteiger partial charge in [-0.05, 0) is 32.4 Å². The second-order valence-corrected chi connectivity index (χ2v) is 5.73. The summed E-state index contributed by atoms with van der Waals surface area (Å²) in [5.41, 5.74) is 0. The lowest BCUT2D eigenvalue weighted by atomic mass is 10.2. The van der Waals surface area contributed by atoms with Gasteiger partial charge in [-0.2, -0.15) is 0 Å². The van der Waals surface area contributed by atoms with E-state index in [4.69, 9.17) is 0 Å². The van der Waals surface area contributed by atoms with E-state index in [2.05, 4.69) is 9.80 Å². The molecule has 1 atom stereocenters. The van der Waals surface area contributed by atoms with Crippen LogP contribution in [-0.2, 0) is 4.79 Å². The average Bonchev–Trinajstić information content (AvgIpc) is 2.92. The number of carbonyl (C=O) groups is 1. The molecule has 1 N–H and O–H groups in total. The molecule has 0 aliphatic carbocycles. The molecule has 0 spiro atoms. The molecule has 2 heterocycles. The van der Waals surface area contributed by atoms with E-state index in [1.165, 1.54) is 12.8 Å². The largest absolute Gasteiger partial charge is 0.392 e. The number of rotatable bonds is 5. The van der Waals surface area contributed by atoms with E-state index < -0.39 is 0 Å². The van der Waals surface area contributed by atoms with Gasteiger partial charge in [0.15, 0.2) is 0 Å². The predicted molar refractivity (Wildman–Crippen MR) is 75.0 cm³/mol. The Morgan fingerprint density at radius 2 is 1.68 bits per heavy atom. The summed E-state index contributed by atoms with van der Waals surface area (Å²) in [6.45, 7) is 8.89. The normalized spacial score (nSPS) is 23.8. The number of aliphatic hydroxyl groups is 1. The maximum atomic E-state index is 12.2. The summed E-state index contributed by atoms with van der Waals surface area (Å²) >= 11 is 0. The van der Waals surface area contributed by atoms with Crippen LogP contribution in [0, 0.1) is 0 Å². The van der Waals surface area contributed by atoms with Crippen LogP contribution in [0.15, 0.2) is 0 Å². The van der Waals surface area contributed by atoms with Gasteiger partial charge in [0.05, 0.1) is 12.6 Å². The fraction of sp³-hybridized carbons (Fsp3) is 0.929. The highest BCUT2D eigenvalue weighted by Gasteiger charge is 2.24. The van der Waals surface area contributed by atoms with Gasteiger partial charge >= 0.3 is 0 Å². The highest BCUT2D eigenvalue weighted by Crippen LogP contribution is 2.09. The summed E-state index contributed by atoms with van der Waals surface area (Å²) in [6.07, 6.45) is 3.03. The molecule has 2 aliphatic heterocycles. The van der Waals surface area contributed by atoms with Crippen molar-refractivity contribution in [2.45, 2.75) is 32.3 Å². The van der Waals surface area contributed by atoms with Crippen molar-refractivity contribution < 1.29 is 9.90 Å². The van der Waals surface area contributed by atoms with Crippen molar-refractivity contribution in [1.29, 1.82) is 0 Å². The summed E-state index contributed by atoms with van der Waals surface area (Å²) in [7, 11) is 0. The molecule has 0 radical (unpaired) electrons. The van der Waals surface area contributed by atoms with Gasteiger partial charge in [-0.15, -0.1) is 0 Å². The third-order valence-corrected chi connectivity index (χ3v) is 4.22. The first-order valence-electron chi connectivity index (χ1n) is 7.59. The minimum Gasteiger partial charge on any atom is -0.392 e. The Kier molecular flexibility index (Phi) is 5.60. The molecule has 0 saturated carbocycles. The number of carbonyl (C=O) groups excluding carboxylic acids is 1. The summed E-state index contributed by atoms with van der Waals surface area (Å²) < 4.78 is 0. The van der Waals surface area contributed by atoms with Crippen molar-refractivity contribution in [2.75, 3.05) is 52.4 Å². The molecular formula is C14H27N3O2. The molecule has 5 heteroatoms. The number of nitrogens with zero attached hydrogens (tertiary/aromatic N) is 3. The molecule has 0 aromatic rings. The number of piperazine rings is 1. The van der Waals surface area contributed by atoms with Crippen LogP contribution in [0.5, 0.6) is 0 Å². The highest BCUT2D eigenvalue weighted by molar-refractivity contribution is 5.78. The summed E-state index contributed by atoms with van der Waals surface area (Å²) in [5.74, 6) is 0.276.